The third kappa shape index (κ3) is 3.89. The molecule has 0 saturated heterocycles. The van der Waals surface area contributed by atoms with Crippen molar-refractivity contribution in [3.8, 4) is 11.8 Å². The van der Waals surface area contributed by atoms with Gasteiger partial charge in [-0.1, -0.05) is 36.4 Å². The van der Waals surface area contributed by atoms with E-state index in [9.17, 15) is 9.59 Å². The van der Waals surface area contributed by atoms with Gasteiger partial charge >= 0.3 is 0 Å². The average Bonchev–Trinajstić information content (AvgIpc) is 3.04. The maximum Gasteiger partial charge on any atom is 0.282 e. The fraction of sp³-hybridized carbons (Fsp3) is 0.0800. The first kappa shape index (κ1) is 19.9. The summed E-state index contributed by atoms with van der Waals surface area (Å²) in [5, 5.41) is 12.2. The second-order valence-electron chi connectivity index (χ2n) is 6.81. The van der Waals surface area contributed by atoms with Gasteiger partial charge in [0.25, 0.3) is 11.8 Å². The molecule has 6 heteroatoms. The molecule has 31 heavy (non-hydrogen) atoms. The van der Waals surface area contributed by atoms with Gasteiger partial charge in [0.2, 0.25) is 0 Å². The molecular weight excluding hydrogens is 390 g/mol. The summed E-state index contributed by atoms with van der Waals surface area (Å²) in [6, 6.07) is 24.7. The highest BCUT2D eigenvalue weighted by atomic mass is 16.5. The Kier molecular flexibility index (Phi) is 5.50. The fourth-order valence-electron chi connectivity index (χ4n) is 3.41. The van der Waals surface area contributed by atoms with Crippen LogP contribution in [0.1, 0.15) is 18.1 Å². The minimum Gasteiger partial charge on any atom is -0.494 e. The molecule has 1 aliphatic rings. The van der Waals surface area contributed by atoms with Gasteiger partial charge in [0, 0.05) is 11.8 Å². The van der Waals surface area contributed by atoms with E-state index in [1.54, 1.807) is 48.5 Å². The Morgan fingerprint density at radius 1 is 0.935 bits per heavy atom. The van der Waals surface area contributed by atoms with Crippen molar-refractivity contribution in [3.05, 3.63) is 95.7 Å². The van der Waals surface area contributed by atoms with Gasteiger partial charge in [0.05, 0.1) is 29.5 Å². The van der Waals surface area contributed by atoms with Crippen molar-refractivity contribution in [2.24, 2.45) is 0 Å². The van der Waals surface area contributed by atoms with Gasteiger partial charge in [-0.2, -0.15) is 5.26 Å². The van der Waals surface area contributed by atoms with Crippen LogP contribution in [0.15, 0.2) is 84.6 Å². The molecule has 0 atom stereocenters. The Hall–Kier alpha value is -4.37. The molecular formula is C25H19N3O3. The molecule has 1 aliphatic heterocycles. The highest BCUT2D eigenvalue weighted by Crippen LogP contribution is 2.34. The van der Waals surface area contributed by atoms with E-state index < -0.39 is 11.8 Å². The van der Waals surface area contributed by atoms with E-state index in [0.29, 0.717) is 34.9 Å². The Labute approximate surface area is 180 Å². The lowest BCUT2D eigenvalue weighted by Crippen LogP contribution is -2.32. The fourth-order valence-corrected chi connectivity index (χ4v) is 3.41. The van der Waals surface area contributed by atoms with Gasteiger partial charge in [0.15, 0.2) is 0 Å². The molecule has 0 spiro atoms. The summed E-state index contributed by atoms with van der Waals surface area (Å²) < 4.78 is 5.54. The minimum absolute atomic E-state index is 0.189. The number of carbonyl (C=O) groups is 2. The van der Waals surface area contributed by atoms with Crippen LogP contribution in [0.5, 0.6) is 5.75 Å². The number of imide groups is 1. The van der Waals surface area contributed by atoms with Crippen molar-refractivity contribution >= 4 is 28.8 Å². The molecule has 0 aliphatic carbocycles. The predicted molar refractivity (Wildman–Crippen MR) is 118 cm³/mol. The summed E-state index contributed by atoms with van der Waals surface area (Å²) in [6.07, 6.45) is 0. The van der Waals surface area contributed by atoms with Crippen LogP contribution in [0.2, 0.25) is 0 Å². The number of benzene rings is 3. The lowest BCUT2D eigenvalue weighted by molar-refractivity contribution is -0.120. The van der Waals surface area contributed by atoms with Crippen LogP contribution in [0.3, 0.4) is 0 Å². The first-order valence-corrected chi connectivity index (χ1v) is 9.81. The molecule has 4 rings (SSSR count). The largest absolute Gasteiger partial charge is 0.494 e. The van der Waals surface area contributed by atoms with Gasteiger partial charge in [-0.05, 0) is 48.9 Å². The summed E-state index contributed by atoms with van der Waals surface area (Å²) in [6.45, 7) is 2.41. The van der Waals surface area contributed by atoms with E-state index >= 15 is 0 Å². The summed E-state index contributed by atoms with van der Waals surface area (Å²) in [5.74, 6) is -0.227. The van der Waals surface area contributed by atoms with Crippen molar-refractivity contribution in [1.29, 1.82) is 5.26 Å². The second-order valence-corrected chi connectivity index (χ2v) is 6.81. The van der Waals surface area contributed by atoms with E-state index in [4.69, 9.17) is 10.00 Å². The zero-order chi connectivity index (χ0) is 21.8. The molecule has 3 aromatic carbocycles. The molecule has 3 aromatic rings. The number of anilines is 2. The average molecular weight is 409 g/mol. The number of hydrogen-bond donors (Lipinski definition) is 1. The van der Waals surface area contributed by atoms with Crippen LogP contribution in [0.25, 0.3) is 5.57 Å². The summed E-state index contributed by atoms with van der Waals surface area (Å²) in [7, 11) is 0. The number of ether oxygens (including phenoxy) is 1. The van der Waals surface area contributed by atoms with E-state index in [-0.39, 0.29) is 11.3 Å². The molecule has 152 valence electrons. The maximum atomic E-state index is 13.4. The molecule has 0 unspecified atom stereocenters. The highest BCUT2D eigenvalue weighted by Gasteiger charge is 2.40. The van der Waals surface area contributed by atoms with Crippen molar-refractivity contribution in [2.45, 2.75) is 6.92 Å². The normalized spacial score (nSPS) is 13.4. The molecule has 1 heterocycles. The van der Waals surface area contributed by atoms with Crippen LogP contribution >= 0.6 is 0 Å². The monoisotopic (exact) mass is 409 g/mol. The first-order valence-electron chi connectivity index (χ1n) is 9.81. The molecule has 6 nitrogen and oxygen atoms in total. The van der Waals surface area contributed by atoms with Gasteiger partial charge in [-0.25, -0.2) is 4.90 Å². The minimum atomic E-state index is -0.463. The molecule has 0 radical (unpaired) electrons. The highest BCUT2D eigenvalue weighted by molar-refractivity contribution is 6.46. The lowest BCUT2D eigenvalue weighted by Gasteiger charge is -2.15. The van der Waals surface area contributed by atoms with Crippen LogP contribution in [-0.2, 0) is 9.59 Å². The van der Waals surface area contributed by atoms with Crippen LogP contribution in [0, 0.1) is 11.3 Å². The van der Waals surface area contributed by atoms with Crippen LogP contribution in [0.4, 0.5) is 11.4 Å². The van der Waals surface area contributed by atoms with Crippen molar-refractivity contribution in [1.82, 2.24) is 0 Å². The zero-order valence-electron chi connectivity index (χ0n) is 16.8. The number of rotatable bonds is 6. The molecule has 2 amide bonds. The standard InChI is InChI=1S/C25H19N3O3/c1-2-31-21-10-6-9-19(15-21)27-23-22(18-7-4-3-5-8-18)24(29)28(25(23)30)20-13-11-17(16-26)12-14-20/h3-15,27H,2H2,1H3. The number of nitrogens with one attached hydrogen (secondary N) is 1. The molecule has 0 aromatic heterocycles. The van der Waals surface area contributed by atoms with Gasteiger partial charge in [0.1, 0.15) is 11.4 Å². The number of carbonyl (C=O) groups excluding carboxylic acids is 2. The molecule has 0 saturated carbocycles. The van der Waals surface area contributed by atoms with Gasteiger partial charge in [-0.3, -0.25) is 9.59 Å². The van der Waals surface area contributed by atoms with Crippen LogP contribution in [-0.4, -0.2) is 18.4 Å². The number of nitriles is 1. The first-order chi connectivity index (χ1) is 15.1. The van der Waals surface area contributed by atoms with Crippen LogP contribution < -0.4 is 15.0 Å². The number of amides is 2. The Balaban J connectivity index is 1.77. The summed E-state index contributed by atoms with van der Waals surface area (Å²) in [4.78, 5) is 27.8. The lowest BCUT2D eigenvalue weighted by atomic mass is 10.0. The Bertz CT molecular complexity index is 1210. The molecule has 0 bridgehead atoms. The number of hydrogen-bond acceptors (Lipinski definition) is 5. The van der Waals surface area contributed by atoms with Crippen molar-refractivity contribution in [3.63, 3.8) is 0 Å². The van der Waals surface area contributed by atoms with E-state index in [2.05, 4.69) is 5.32 Å². The smallest absolute Gasteiger partial charge is 0.282 e. The summed E-state index contributed by atoms with van der Waals surface area (Å²) in [5.41, 5.74) is 2.61. The number of nitrogens with zero attached hydrogens (tertiary/aromatic N) is 2. The quantitative estimate of drug-likeness (QED) is 0.612. The van der Waals surface area contributed by atoms with Crippen molar-refractivity contribution in [2.75, 3.05) is 16.8 Å². The topological polar surface area (TPSA) is 82.4 Å². The van der Waals surface area contributed by atoms with E-state index in [1.807, 2.05) is 43.3 Å². The van der Waals surface area contributed by atoms with Gasteiger partial charge in [-0.15, -0.1) is 0 Å². The third-order valence-electron chi connectivity index (χ3n) is 4.82. The van der Waals surface area contributed by atoms with Gasteiger partial charge < -0.3 is 10.1 Å². The molecule has 1 N–H and O–H groups in total. The molecule has 0 fully saturated rings. The Morgan fingerprint density at radius 2 is 1.68 bits per heavy atom. The summed E-state index contributed by atoms with van der Waals surface area (Å²) >= 11 is 0. The third-order valence-corrected chi connectivity index (χ3v) is 4.82. The Morgan fingerprint density at radius 3 is 2.35 bits per heavy atom. The van der Waals surface area contributed by atoms with E-state index in [0.717, 1.165) is 4.90 Å². The maximum absolute atomic E-state index is 13.4. The SMILES string of the molecule is CCOc1cccc(NC2=C(c3ccccc3)C(=O)N(c3ccc(C#N)cc3)C2=O)c1. The van der Waals surface area contributed by atoms with Crippen molar-refractivity contribution < 1.29 is 14.3 Å². The zero-order valence-corrected chi connectivity index (χ0v) is 16.8. The second kappa shape index (κ2) is 8.56. The van der Waals surface area contributed by atoms with E-state index in [1.165, 1.54) is 0 Å². The predicted octanol–water partition coefficient (Wildman–Crippen LogP) is 4.35.